The van der Waals surface area contributed by atoms with Crippen LogP contribution in [0.5, 0.6) is 0 Å². The predicted octanol–water partition coefficient (Wildman–Crippen LogP) is 2.53. The van der Waals surface area contributed by atoms with E-state index in [0.717, 1.165) is 16.8 Å². The molecule has 1 spiro atoms. The highest BCUT2D eigenvalue weighted by Crippen LogP contribution is 2.59. The van der Waals surface area contributed by atoms with Gasteiger partial charge in [-0.3, -0.25) is 14.4 Å². The number of aliphatic hydroxyl groups is 1. The number of nitrogens with zero attached hydrogens (tertiary/aromatic N) is 2. The van der Waals surface area contributed by atoms with Gasteiger partial charge in [-0.2, -0.15) is 0 Å². The second-order valence-corrected chi connectivity index (χ2v) is 9.83. The smallest absolute Gasteiger partial charge is 0.312 e. The molecule has 0 saturated carbocycles. The van der Waals surface area contributed by atoms with Crippen LogP contribution in [-0.4, -0.2) is 71.3 Å². The van der Waals surface area contributed by atoms with Gasteiger partial charge in [0.1, 0.15) is 11.6 Å². The quantitative estimate of drug-likeness (QED) is 0.428. The molecule has 0 aromatic heterocycles. The molecule has 2 amide bonds. The Hall–Kier alpha value is -2.71. The molecular formula is C27H36N2O6. The minimum Gasteiger partial charge on any atom is -0.466 e. The number of benzene rings is 1. The Labute approximate surface area is 206 Å². The summed E-state index contributed by atoms with van der Waals surface area (Å²) in [6.07, 6.45) is 2.74. The summed E-state index contributed by atoms with van der Waals surface area (Å²) in [5, 5.41) is 10.2. The SMILES string of the molecule is C=CCN(C(=O)[C@H]1N([C@@H](CC)CO)C(=O)[C@@H]2[C@@H](C(=O)OCC)[C@H]3CC[C@]21O3)c1cc(C)ccc1C. The minimum absolute atomic E-state index is 0.204. The molecule has 1 N–H and O–H groups in total. The van der Waals surface area contributed by atoms with Crippen LogP contribution < -0.4 is 4.90 Å². The van der Waals surface area contributed by atoms with Crippen molar-refractivity contribution in [3.8, 4) is 0 Å². The molecule has 3 aliphatic heterocycles. The maximum atomic E-state index is 14.4. The van der Waals surface area contributed by atoms with Gasteiger partial charge in [-0.05, 0) is 57.2 Å². The second kappa shape index (κ2) is 9.74. The number of fused-ring (bicyclic) bond motifs is 1. The topological polar surface area (TPSA) is 96.4 Å². The first kappa shape index (κ1) is 25.4. The van der Waals surface area contributed by atoms with Gasteiger partial charge in [0.2, 0.25) is 5.91 Å². The minimum atomic E-state index is -1.13. The highest BCUT2D eigenvalue weighted by Gasteiger charge is 2.75. The van der Waals surface area contributed by atoms with E-state index >= 15 is 0 Å². The number of hydrogen-bond acceptors (Lipinski definition) is 6. The molecule has 1 aromatic rings. The lowest BCUT2D eigenvalue weighted by Gasteiger charge is -2.39. The molecule has 3 saturated heterocycles. The van der Waals surface area contributed by atoms with E-state index in [1.54, 1.807) is 17.9 Å². The molecule has 35 heavy (non-hydrogen) atoms. The number of esters is 1. The Kier molecular flexibility index (Phi) is 7.06. The zero-order valence-corrected chi connectivity index (χ0v) is 21.0. The van der Waals surface area contributed by atoms with Crippen LogP contribution in [0.4, 0.5) is 5.69 Å². The Bertz CT molecular complexity index is 1020. The van der Waals surface area contributed by atoms with Crippen molar-refractivity contribution in [2.24, 2.45) is 11.8 Å². The summed E-state index contributed by atoms with van der Waals surface area (Å²) in [4.78, 5) is 44.4. The fourth-order valence-corrected chi connectivity index (χ4v) is 6.28. The van der Waals surface area contributed by atoms with Crippen LogP contribution in [0.3, 0.4) is 0 Å². The van der Waals surface area contributed by atoms with Crippen molar-refractivity contribution >= 4 is 23.5 Å². The van der Waals surface area contributed by atoms with Crippen molar-refractivity contribution < 1.29 is 29.0 Å². The monoisotopic (exact) mass is 484 g/mol. The van der Waals surface area contributed by atoms with Gasteiger partial charge in [-0.1, -0.05) is 25.1 Å². The Balaban J connectivity index is 1.83. The number of aryl methyl sites for hydroxylation is 2. The summed E-state index contributed by atoms with van der Waals surface area (Å²) in [6, 6.07) is 4.38. The van der Waals surface area contributed by atoms with Gasteiger partial charge < -0.3 is 24.4 Å². The molecule has 0 aliphatic carbocycles. The van der Waals surface area contributed by atoms with Crippen LogP contribution in [0.15, 0.2) is 30.9 Å². The van der Waals surface area contributed by atoms with Crippen LogP contribution in [0.1, 0.15) is 44.2 Å². The molecule has 8 nitrogen and oxygen atoms in total. The molecule has 2 bridgehead atoms. The van der Waals surface area contributed by atoms with Crippen molar-refractivity contribution in [3.63, 3.8) is 0 Å². The van der Waals surface area contributed by atoms with Gasteiger partial charge in [-0.15, -0.1) is 6.58 Å². The maximum Gasteiger partial charge on any atom is 0.312 e. The maximum absolute atomic E-state index is 14.4. The van der Waals surface area contributed by atoms with Crippen molar-refractivity contribution in [2.75, 3.05) is 24.7 Å². The standard InChI is InChI=1S/C27H36N2O6/c1-6-13-28(19-14-16(4)9-10-17(19)5)25(32)23-27-12-11-20(35-27)21(26(33)34-8-3)22(27)24(31)29(23)18(7-2)15-30/h6,9-10,14,18,20-23,30H,1,7-8,11-13,15H2,2-5H3/t18-,20+,21-,22-,23+,27-/m0/s1. The summed E-state index contributed by atoms with van der Waals surface area (Å²) in [6.45, 7) is 11.5. The summed E-state index contributed by atoms with van der Waals surface area (Å²) in [7, 11) is 0. The molecule has 0 unspecified atom stereocenters. The Morgan fingerprint density at radius 1 is 1.37 bits per heavy atom. The number of carbonyl (C=O) groups excluding carboxylic acids is 3. The Morgan fingerprint density at radius 2 is 2.11 bits per heavy atom. The first-order valence-electron chi connectivity index (χ1n) is 12.5. The fraction of sp³-hybridized carbons (Fsp3) is 0.593. The van der Waals surface area contributed by atoms with E-state index in [9.17, 15) is 19.5 Å². The normalized spacial score (nSPS) is 29.7. The summed E-state index contributed by atoms with van der Waals surface area (Å²) >= 11 is 0. The Morgan fingerprint density at radius 3 is 2.74 bits per heavy atom. The van der Waals surface area contributed by atoms with Gasteiger partial charge in [0, 0.05) is 12.2 Å². The zero-order chi connectivity index (χ0) is 25.5. The molecule has 3 heterocycles. The highest BCUT2D eigenvalue weighted by atomic mass is 16.6. The highest BCUT2D eigenvalue weighted by molar-refractivity contribution is 6.05. The van der Waals surface area contributed by atoms with Crippen LogP contribution in [0.2, 0.25) is 0 Å². The molecule has 4 rings (SSSR count). The summed E-state index contributed by atoms with van der Waals surface area (Å²) < 4.78 is 11.7. The van der Waals surface area contributed by atoms with Gasteiger partial charge >= 0.3 is 5.97 Å². The second-order valence-electron chi connectivity index (χ2n) is 9.83. The molecule has 3 fully saturated rings. The number of aliphatic hydroxyl groups excluding tert-OH is 1. The van der Waals surface area contributed by atoms with Gasteiger partial charge in [0.05, 0.1) is 37.2 Å². The average Bonchev–Trinajstić information content (AvgIpc) is 3.48. The van der Waals surface area contributed by atoms with E-state index in [0.29, 0.717) is 19.3 Å². The molecule has 6 atom stereocenters. The lowest BCUT2D eigenvalue weighted by molar-refractivity contribution is -0.155. The number of anilines is 1. The van der Waals surface area contributed by atoms with E-state index in [2.05, 4.69) is 6.58 Å². The molecule has 1 aromatic carbocycles. The number of amides is 2. The number of carbonyl (C=O) groups is 3. The third kappa shape index (κ3) is 3.87. The first-order chi connectivity index (χ1) is 16.7. The zero-order valence-electron chi connectivity index (χ0n) is 21.0. The van der Waals surface area contributed by atoms with Crippen LogP contribution >= 0.6 is 0 Å². The molecular weight excluding hydrogens is 448 g/mol. The molecule has 8 heteroatoms. The summed E-state index contributed by atoms with van der Waals surface area (Å²) in [5.74, 6) is -2.61. The van der Waals surface area contributed by atoms with E-state index < -0.39 is 41.6 Å². The van der Waals surface area contributed by atoms with E-state index in [1.165, 1.54) is 4.90 Å². The number of likely N-dealkylation sites (tertiary alicyclic amines) is 1. The van der Waals surface area contributed by atoms with Crippen molar-refractivity contribution in [2.45, 2.75) is 70.7 Å². The lowest BCUT2D eigenvalue weighted by Crippen LogP contribution is -2.59. The largest absolute Gasteiger partial charge is 0.466 e. The molecule has 0 radical (unpaired) electrons. The van der Waals surface area contributed by atoms with Crippen LogP contribution in [0.25, 0.3) is 0 Å². The van der Waals surface area contributed by atoms with Crippen molar-refractivity contribution in [1.29, 1.82) is 0 Å². The van der Waals surface area contributed by atoms with Crippen LogP contribution in [0, 0.1) is 25.7 Å². The number of rotatable bonds is 9. The van der Waals surface area contributed by atoms with E-state index in [4.69, 9.17) is 9.47 Å². The molecule has 3 aliphatic rings. The van der Waals surface area contributed by atoms with Gasteiger partial charge in [0.25, 0.3) is 5.91 Å². The number of hydrogen-bond donors (Lipinski definition) is 1. The van der Waals surface area contributed by atoms with Crippen molar-refractivity contribution in [1.82, 2.24) is 4.90 Å². The average molecular weight is 485 g/mol. The van der Waals surface area contributed by atoms with Crippen LogP contribution in [-0.2, 0) is 23.9 Å². The van der Waals surface area contributed by atoms with E-state index in [-0.39, 0.29) is 31.6 Å². The number of ether oxygens (including phenoxy) is 2. The summed E-state index contributed by atoms with van der Waals surface area (Å²) in [5.41, 5.74) is 1.54. The lowest BCUT2D eigenvalue weighted by atomic mass is 9.70. The van der Waals surface area contributed by atoms with Gasteiger partial charge in [-0.25, -0.2) is 0 Å². The van der Waals surface area contributed by atoms with Crippen molar-refractivity contribution in [3.05, 3.63) is 42.0 Å². The first-order valence-corrected chi connectivity index (χ1v) is 12.5. The third-order valence-electron chi connectivity index (χ3n) is 7.84. The fourth-order valence-electron chi connectivity index (χ4n) is 6.28. The molecule has 190 valence electrons. The van der Waals surface area contributed by atoms with E-state index in [1.807, 2.05) is 39.0 Å². The third-order valence-corrected chi connectivity index (χ3v) is 7.84. The predicted molar refractivity (Wildman–Crippen MR) is 131 cm³/mol. The van der Waals surface area contributed by atoms with Gasteiger partial charge in [0.15, 0.2) is 0 Å².